The summed E-state index contributed by atoms with van der Waals surface area (Å²) in [6.45, 7) is 0.844. The van der Waals surface area contributed by atoms with Crippen molar-refractivity contribution in [3.05, 3.63) is 40.3 Å². The summed E-state index contributed by atoms with van der Waals surface area (Å²) in [5.41, 5.74) is 2.85. The molecule has 0 unspecified atom stereocenters. The maximum atomic E-state index is 12.6. The Morgan fingerprint density at radius 2 is 2.24 bits per heavy atom. The Kier molecular flexibility index (Phi) is 2.84. The molecule has 0 atom stereocenters. The second-order valence-electron chi connectivity index (χ2n) is 4.94. The largest absolute Gasteiger partial charge is 0.261 e. The van der Waals surface area contributed by atoms with Crippen LogP contribution >= 0.6 is 11.3 Å². The van der Waals surface area contributed by atoms with Crippen LogP contribution in [0.1, 0.15) is 11.1 Å². The van der Waals surface area contributed by atoms with Gasteiger partial charge >= 0.3 is 0 Å². The number of fused-ring (bicyclic) bond motifs is 3. The second kappa shape index (κ2) is 4.62. The maximum Gasteiger partial charge on any atom is 0.244 e. The summed E-state index contributed by atoms with van der Waals surface area (Å²) in [5.74, 6) is 0. The Labute approximate surface area is 125 Å². The molecule has 3 aromatic rings. The smallest absolute Gasteiger partial charge is 0.244 e. The Hall–Kier alpha value is -1.77. The van der Waals surface area contributed by atoms with Crippen molar-refractivity contribution in [1.82, 2.24) is 19.5 Å². The van der Waals surface area contributed by atoms with Crippen LogP contribution in [0.4, 0.5) is 0 Å². The number of nitrogens with one attached hydrogen (secondary N) is 1. The molecule has 6 nitrogen and oxygen atoms in total. The number of H-pyrrole nitrogens is 1. The highest BCUT2D eigenvalue weighted by Crippen LogP contribution is 2.28. The van der Waals surface area contributed by atoms with Crippen molar-refractivity contribution >= 4 is 32.4 Å². The van der Waals surface area contributed by atoms with Gasteiger partial charge in [-0.05, 0) is 29.0 Å². The van der Waals surface area contributed by atoms with Gasteiger partial charge < -0.3 is 0 Å². The number of hydrogen-bond donors (Lipinski definition) is 1. The Morgan fingerprint density at radius 3 is 3.05 bits per heavy atom. The van der Waals surface area contributed by atoms with E-state index in [4.69, 9.17) is 0 Å². The minimum absolute atomic E-state index is 0.363. The van der Waals surface area contributed by atoms with Crippen LogP contribution in [-0.2, 0) is 23.0 Å². The number of thiophene rings is 1. The summed E-state index contributed by atoms with van der Waals surface area (Å²) in [6.07, 6.45) is 4.17. The summed E-state index contributed by atoms with van der Waals surface area (Å²) < 4.78 is 26.6. The van der Waals surface area contributed by atoms with E-state index in [1.54, 1.807) is 29.2 Å². The molecule has 1 N–H and O–H groups in total. The van der Waals surface area contributed by atoms with E-state index < -0.39 is 10.0 Å². The van der Waals surface area contributed by atoms with Gasteiger partial charge in [0.05, 0.1) is 11.1 Å². The normalized spacial score (nSPS) is 16.2. The van der Waals surface area contributed by atoms with Crippen LogP contribution in [0.15, 0.2) is 34.1 Å². The van der Waals surface area contributed by atoms with Crippen molar-refractivity contribution < 1.29 is 8.42 Å². The first kappa shape index (κ1) is 12.9. The fraction of sp³-hybridized carbons (Fsp3) is 0.231. The lowest BCUT2D eigenvalue weighted by Crippen LogP contribution is -2.35. The van der Waals surface area contributed by atoms with Crippen LogP contribution in [0.25, 0.3) is 11.0 Å². The first-order valence-corrected chi connectivity index (χ1v) is 8.87. The molecule has 21 heavy (non-hydrogen) atoms. The fourth-order valence-corrected chi connectivity index (χ4v) is 5.12. The fourth-order valence-electron chi connectivity index (χ4n) is 2.68. The zero-order valence-electron chi connectivity index (χ0n) is 11.0. The van der Waals surface area contributed by atoms with Gasteiger partial charge in [0.1, 0.15) is 0 Å². The molecule has 3 aromatic heterocycles. The third-order valence-corrected chi connectivity index (χ3v) is 6.45. The molecule has 1 aliphatic rings. The number of pyridine rings is 1. The highest BCUT2D eigenvalue weighted by Gasteiger charge is 2.29. The van der Waals surface area contributed by atoms with E-state index in [1.165, 1.54) is 15.6 Å². The van der Waals surface area contributed by atoms with Gasteiger partial charge in [0.25, 0.3) is 0 Å². The quantitative estimate of drug-likeness (QED) is 0.780. The summed E-state index contributed by atoms with van der Waals surface area (Å²) in [4.78, 5) is 4.67. The lowest BCUT2D eigenvalue weighted by Gasteiger charge is -2.27. The van der Waals surface area contributed by atoms with Crippen LogP contribution < -0.4 is 0 Å². The molecule has 0 aliphatic carbocycles. The molecule has 0 aromatic carbocycles. The van der Waals surface area contributed by atoms with Gasteiger partial charge in [-0.1, -0.05) is 0 Å². The van der Waals surface area contributed by atoms with Crippen molar-refractivity contribution in [2.24, 2.45) is 0 Å². The zero-order valence-corrected chi connectivity index (χ0v) is 12.6. The maximum absolute atomic E-state index is 12.6. The van der Waals surface area contributed by atoms with Crippen molar-refractivity contribution in [1.29, 1.82) is 0 Å². The first-order valence-electron chi connectivity index (χ1n) is 6.48. The van der Waals surface area contributed by atoms with E-state index in [2.05, 4.69) is 15.2 Å². The molecule has 8 heteroatoms. The van der Waals surface area contributed by atoms with E-state index in [1.807, 2.05) is 0 Å². The van der Waals surface area contributed by atoms with Crippen LogP contribution in [0, 0.1) is 0 Å². The second-order valence-corrected chi connectivity index (χ2v) is 7.66. The first-order chi connectivity index (χ1) is 10.2. The van der Waals surface area contributed by atoms with Crippen molar-refractivity contribution in [2.75, 3.05) is 6.54 Å². The molecule has 0 radical (unpaired) electrons. The summed E-state index contributed by atoms with van der Waals surface area (Å²) in [7, 11) is -3.41. The Morgan fingerprint density at radius 1 is 1.33 bits per heavy atom. The number of rotatable bonds is 2. The Balaban J connectivity index is 1.74. The molecule has 4 rings (SSSR count). The molecule has 108 valence electrons. The molecule has 0 amide bonds. The predicted octanol–water partition coefficient (Wildman–Crippen LogP) is 1.77. The van der Waals surface area contributed by atoms with Crippen molar-refractivity contribution in [2.45, 2.75) is 17.9 Å². The van der Waals surface area contributed by atoms with Gasteiger partial charge in [-0.3, -0.25) is 5.10 Å². The van der Waals surface area contributed by atoms with Gasteiger partial charge in [-0.15, -0.1) is 0 Å². The molecule has 0 saturated heterocycles. The van der Waals surface area contributed by atoms with Crippen LogP contribution in [-0.4, -0.2) is 34.4 Å². The summed E-state index contributed by atoms with van der Waals surface area (Å²) >= 11 is 1.39. The van der Waals surface area contributed by atoms with E-state index >= 15 is 0 Å². The van der Waals surface area contributed by atoms with Crippen molar-refractivity contribution in [3.63, 3.8) is 0 Å². The number of aromatic amines is 1. The average Bonchev–Trinajstić information content (AvgIpc) is 3.17. The average molecular weight is 320 g/mol. The highest BCUT2D eigenvalue weighted by molar-refractivity contribution is 7.89. The number of sulfonamides is 1. The van der Waals surface area contributed by atoms with Gasteiger partial charge in [0, 0.05) is 30.1 Å². The lowest BCUT2D eigenvalue weighted by molar-refractivity contribution is 0.392. The minimum Gasteiger partial charge on any atom is -0.261 e. The minimum atomic E-state index is -3.41. The van der Waals surface area contributed by atoms with E-state index in [0.717, 1.165) is 22.2 Å². The van der Waals surface area contributed by atoms with Gasteiger partial charge in [0.15, 0.2) is 5.65 Å². The number of hydrogen-bond acceptors (Lipinski definition) is 5. The number of nitrogens with zero attached hydrogens (tertiary/aromatic N) is 3. The van der Waals surface area contributed by atoms with Gasteiger partial charge in [-0.25, -0.2) is 13.4 Å². The van der Waals surface area contributed by atoms with E-state index in [0.29, 0.717) is 24.4 Å². The van der Waals surface area contributed by atoms with E-state index in [9.17, 15) is 8.42 Å². The molecular weight excluding hydrogens is 308 g/mol. The molecular formula is C13H12N4O2S2. The van der Waals surface area contributed by atoms with E-state index in [-0.39, 0.29) is 0 Å². The molecule has 4 heterocycles. The molecule has 0 saturated carbocycles. The predicted molar refractivity (Wildman–Crippen MR) is 79.5 cm³/mol. The molecule has 0 spiro atoms. The SMILES string of the molecule is O=S(=O)(c1ccsc1)N1CCc2c(cnc3[nH]ncc23)C1. The summed E-state index contributed by atoms with van der Waals surface area (Å²) in [5, 5.41) is 11.3. The number of aromatic nitrogens is 3. The topological polar surface area (TPSA) is 79.0 Å². The van der Waals surface area contributed by atoms with Crippen LogP contribution in [0.5, 0.6) is 0 Å². The van der Waals surface area contributed by atoms with Crippen LogP contribution in [0.2, 0.25) is 0 Å². The van der Waals surface area contributed by atoms with Gasteiger partial charge in [0.2, 0.25) is 10.0 Å². The summed E-state index contributed by atoms with van der Waals surface area (Å²) in [6, 6.07) is 1.65. The third-order valence-electron chi connectivity index (χ3n) is 3.77. The Bertz CT molecular complexity index is 900. The molecule has 0 fully saturated rings. The van der Waals surface area contributed by atoms with Crippen molar-refractivity contribution in [3.8, 4) is 0 Å². The third kappa shape index (κ3) is 1.98. The monoisotopic (exact) mass is 320 g/mol. The zero-order chi connectivity index (χ0) is 14.4. The molecule has 1 aliphatic heterocycles. The standard InChI is InChI=1S/C13H12N4O2S2/c18-21(19,10-2-4-20-8-10)17-3-1-11-9(7-17)5-14-13-12(11)6-15-16-13/h2,4-6,8H,1,3,7H2,(H,14,15,16). The van der Waals surface area contributed by atoms with Crippen LogP contribution in [0.3, 0.4) is 0 Å². The van der Waals surface area contributed by atoms with Gasteiger partial charge in [-0.2, -0.15) is 20.7 Å². The molecule has 0 bridgehead atoms. The lowest BCUT2D eigenvalue weighted by atomic mass is 10.0. The highest BCUT2D eigenvalue weighted by atomic mass is 32.2.